The molecule has 0 saturated heterocycles. The summed E-state index contributed by atoms with van der Waals surface area (Å²) in [5.41, 5.74) is 3.21. The Kier molecular flexibility index (Phi) is 5.76. The molecule has 2 atom stereocenters. The largest absolute Gasteiger partial charge is 0.465 e. The molecule has 1 unspecified atom stereocenters. The van der Waals surface area contributed by atoms with Gasteiger partial charge in [0.15, 0.2) is 5.78 Å². The van der Waals surface area contributed by atoms with E-state index in [1.807, 2.05) is 45.0 Å². The average molecular weight is 418 g/mol. The third kappa shape index (κ3) is 3.68. The van der Waals surface area contributed by atoms with Crippen LogP contribution in [0, 0.1) is 11.8 Å². The number of Topliss-reactive ketones (excluding diaryl/α,β-unsaturated/α-hetero) is 1. The van der Waals surface area contributed by atoms with Gasteiger partial charge in [-0.25, -0.2) is 0 Å². The molecule has 0 spiro atoms. The molecule has 1 aliphatic carbocycles. The Balaban J connectivity index is 2.09. The zero-order chi connectivity index (χ0) is 18.8. The summed E-state index contributed by atoms with van der Waals surface area (Å²) in [6.45, 7) is 6.25. The standard InChI is InChI=1S/C21H24BrNO3/c1-12(2)11-26-21(25)18-13(3)23-16-9-6-10-17(24)20(16)19(18)14-7-4-5-8-15(14)22/h4-5,7-8,12,18-19H,6,9-11H2,1-3H3/t18?,19-/m1/s1. The lowest BCUT2D eigenvalue weighted by Gasteiger charge is -2.35. The molecule has 0 radical (unpaired) electrons. The minimum Gasteiger partial charge on any atom is -0.465 e. The van der Waals surface area contributed by atoms with Crippen molar-refractivity contribution in [2.75, 3.05) is 6.61 Å². The predicted octanol–water partition coefficient (Wildman–Crippen LogP) is 4.83. The van der Waals surface area contributed by atoms with Gasteiger partial charge in [-0.05, 0) is 37.3 Å². The van der Waals surface area contributed by atoms with Gasteiger partial charge in [-0.15, -0.1) is 0 Å². The maximum absolute atomic E-state index is 12.9. The third-order valence-electron chi connectivity index (χ3n) is 4.89. The molecule has 26 heavy (non-hydrogen) atoms. The van der Waals surface area contributed by atoms with E-state index >= 15 is 0 Å². The van der Waals surface area contributed by atoms with Gasteiger partial charge in [0.2, 0.25) is 0 Å². The highest BCUT2D eigenvalue weighted by Crippen LogP contribution is 2.45. The number of benzene rings is 1. The minimum atomic E-state index is -0.562. The first-order chi connectivity index (χ1) is 12.4. The molecule has 0 bridgehead atoms. The number of rotatable bonds is 4. The molecule has 1 aliphatic heterocycles. The fraction of sp³-hybridized carbons (Fsp3) is 0.476. The second kappa shape index (κ2) is 7.87. The second-order valence-corrected chi connectivity index (χ2v) is 8.25. The summed E-state index contributed by atoms with van der Waals surface area (Å²) in [5, 5.41) is 0. The summed E-state index contributed by atoms with van der Waals surface area (Å²) in [7, 11) is 0. The smallest absolute Gasteiger partial charge is 0.315 e. The number of hydrogen-bond donors (Lipinski definition) is 0. The van der Waals surface area contributed by atoms with Gasteiger partial charge in [0.1, 0.15) is 5.92 Å². The van der Waals surface area contributed by atoms with E-state index in [9.17, 15) is 9.59 Å². The van der Waals surface area contributed by atoms with Crippen LogP contribution in [-0.4, -0.2) is 24.1 Å². The number of carbonyl (C=O) groups is 2. The second-order valence-electron chi connectivity index (χ2n) is 7.39. The fourth-order valence-electron chi connectivity index (χ4n) is 3.71. The molecule has 4 nitrogen and oxygen atoms in total. The van der Waals surface area contributed by atoms with E-state index < -0.39 is 5.92 Å². The van der Waals surface area contributed by atoms with Crippen molar-refractivity contribution in [3.8, 4) is 0 Å². The molecule has 1 aromatic carbocycles. The number of ketones is 1. The predicted molar refractivity (Wildman–Crippen MR) is 105 cm³/mol. The minimum absolute atomic E-state index is 0.102. The zero-order valence-corrected chi connectivity index (χ0v) is 17.0. The Morgan fingerprint density at radius 1 is 1.31 bits per heavy atom. The Labute approximate surface area is 162 Å². The molecule has 1 heterocycles. The number of allylic oxidation sites excluding steroid dienone is 2. The Morgan fingerprint density at radius 3 is 2.73 bits per heavy atom. The Morgan fingerprint density at radius 2 is 2.04 bits per heavy atom. The monoisotopic (exact) mass is 417 g/mol. The van der Waals surface area contributed by atoms with Gasteiger partial charge < -0.3 is 4.74 Å². The normalized spacial score (nSPS) is 23.0. The molecule has 2 aliphatic rings. The van der Waals surface area contributed by atoms with E-state index in [0.29, 0.717) is 18.6 Å². The fourth-order valence-corrected chi connectivity index (χ4v) is 4.25. The molecular weight excluding hydrogens is 394 g/mol. The number of nitrogens with zero attached hydrogens (tertiary/aromatic N) is 1. The van der Waals surface area contributed by atoms with Crippen LogP contribution in [0.25, 0.3) is 0 Å². The van der Waals surface area contributed by atoms with E-state index in [1.54, 1.807) is 0 Å². The van der Waals surface area contributed by atoms with Crippen LogP contribution in [0.2, 0.25) is 0 Å². The van der Waals surface area contributed by atoms with Crippen molar-refractivity contribution >= 4 is 33.4 Å². The van der Waals surface area contributed by atoms with E-state index in [1.165, 1.54) is 0 Å². The summed E-state index contributed by atoms with van der Waals surface area (Å²) >= 11 is 3.60. The summed E-state index contributed by atoms with van der Waals surface area (Å²) in [5.74, 6) is -0.845. The Bertz CT molecular complexity index is 794. The SMILES string of the molecule is CC1=NC2=C(C(=O)CCC2)[C@H](c2ccccc2Br)C1C(=O)OCC(C)C. The molecule has 3 rings (SSSR count). The van der Waals surface area contributed by atoms with Gasteiger partial charge in [-0.3, -0.25) is 14.6 Å². The van der Waals surface area contributed by atoms with Crippen LogP contribution in [0.1, 0.15) is 51.5 Å². The topological polar surface area (TPSA) is 55.7 Å². The molecule has 138 valence electrons. The average Bonchev–Trinajstić information content (AvgIpc) is 2.59. The number of esters is 1. The molecule has 1 aromatic rings. The van der Waals surface area contributed by atoms with Crippen LogP contribution < -0.4 is 0 Å². The van der Waals surface area contributed by atoms with E-state index in [2.05, 4.69) is 20.9 Å². The number of aliphatic imine (C=N–C) groups is 1. The summed E-state index contributed by atoms with van der Waals surface area (Å²) in [6.07, 6.45) is 2.12. The van der Waals surface area contributed by atoms with Gasteiger partial charge in [-0.1, -0.05) is 48.0 Å². The van der Waals surface area contributed by atoms with Crippen molar-refractivity contribution in [1.82, 2.24) is 0 Å². The van der Waals surface area contributed by atoms with Crippen LogP contribution in [0.15, 0.2) is 45.0 Å². The Hall–Kier alpha value is -1.75. The van der Waals surface area contributed by atoms with Gasteiger partial charge in [-0.2, -0.15) is 0 Å². The maximum Gasteiger partial charge on any atom is 0.315 e. The first-order valence-electron chi connectivity index (χ1n) is 9.12. The van der Waals surface area contributed by atoms with Crippen molar-refractivity contribution in [1.29, 1.82) is 0 Å². The molecular formula is C21H24BrNO3. The third-order valence-corrected chi connectivity index (χ3v) is 5.61. The van der Waals surface area contributed by atoms with Gasteiger partial charge in [0.05, 0.1) is 6.61 Å². The quantitative estimate of drug-likeness (QED) is 0.659. The zero-order valence-electron chi connectivity index (χ0n) is 15.4. The number of hydrogen-bond acceptors (Lipinski definition) is 4. The van der Waals surface area contributed by atoms with Crippen LogP contribution in [0.4, 0.5) is 0 Å². The van der Waals surface area contributed by atoms with Crippen LogP contribution in [0.3, 0.4) is 0 Å². The van der Waals surface area contributed by atoms with Crippen molar-refractivity contribution < 1.29 is 14.3 Å². The molecule has 0 fully saturated rings. The lowest BCUT2D eigenvalue weighted by molar-refractivity contribution is -0.147. The molecule has 0 N–H and O–H groups in total. The maximum atomic E-state index is 12.9. The van der Waals surface area contributed by atoms with Crippen molar-refractivity contribution in [2.24, 2.45) is 16.8 Å². The van der Waals surface area contributed by atoms with Gasteiger partial charge in [0.25, 0.3) is 0 Å². The highest BCUT2D eigenvalue weighted by atomic mass is 79.9. The summed E-state index contributed by atoms with van der Waals surface area (Å²) in [6, 6.07) is 7.79. The summed E-state index contributed by atoms with van der Waals surface area (Å²) in [4.78, 5) is 30.4. The highest BCUT2D eigenvalue weighted by Gasteiger charge is 2.43. The molecule has 0 aromatic heterocycles. The van der Waals surface area contributed by atoms with Crippen LogP contribution >= 0.6 is 15.9 Å². The number of carbonyl (C=O) groups excluding carboxylic acids is 2. The first-order valence-corrected chi connectivity index (χ1v) is 9.92. The van der Waals surface area contributed by atoms with Crippen molar-refractivity contribution in [3.63, 3.8) is 0 Å². The van der Waals surface area contributed by atoms with E-state index in [0.717, 1.165) is 34.3 Å². The lowest BCUT2D eigenvalue weighted by Crippen LogP contribution is -2.37. The van der Waals surface area contributed by atoms with E-state index in [4.69, 9.17) is 4.74 Å². The van der Waals surface area contributed by atoms with Crippen LogP contribution in [0.5, 0.6) is 0 Å². The van der Waals surface area contributed by atoms with Crippen molar-refractivity contribution in [3.05, 3.63) is 45.6 Å². The number of ether oxygens (including phenoxy) is 1. The van der Waals surface area contributed by atoms with Crippen molar-refractivity contribution in [2.45, 2.75) is 46.0 Å². The molecule has 5 heteroatoms. The lowest BCUT2D eigenvalue weighted by atomic mass is 9.72. The van der Waals surface area contributed by atoms with Gasteiger partial charge in [0, 0.05) is 33.8 Å². The highest BCUT2D eigenvalue weighted by molar-refractivity contribution is 9.10. The number of halogens is 1. The van der Waals surface area contributed by atoms with E-state index in [-0.39, 0.29) is 23.6 Å². The first kappa shape index (κ1) is 19.0. The van der Waals surface area contributed by atoms with Crippen LogP contribution in [-0.2, 0) is 14.3 Å². The van der Waals surface area contributed by atoms with Gasteiger partial charge >= 0.3 is 5.97 Å². The summed E-state index contributed by atoms with van der Waals surface area (Å²) < 4.78 is 6.45. The molecule has 0 saturated carbocycles. The molecule has 0 amide bonds.